The Morgan fingerprint density at radius 1 is 1.04 bits per heavy atom. The zero-order valence-corrected chi connectivity index (χ0v) is 15.9. The van der Waals surface area contributed by atoms with Crippen molar-refractivity contribution in [1.82, 2.24) is 10.6 Å². The molecule has 5 heteroatoms. The molecule has 0 unspecified atom stereocenters. The molecule has 3 rings (SSSR count). The van der Waals surface area contributed by atoms with E-state index < -0.39 is 0 Å². The summed E-state index contributed by atoms with van der Waals surface area (Å²) in [5.41, 5.74) is 5.07. The molecule has 1 amide bonds. The molecule has 0 radical (unpaired) electrons. The van der Waals surface area contributed by atoms with E-state index in [2.05, 4.69) is 28.8 Å². The number of rotatable bonds is 10. The van der Waals surface area contributed by atoms with Crippen molar-refractivity contribution >= 4 is 5.91 Å². The van der Waals surface area contributed by atoms with E-state index in [1.807, 2.05) is 24.3 Å². The van der Waals surface area contributed by atoms with Crippen LogP contribution in [0, 0.1) is 0 Å². The second-order valence-electron chi connectivity index (χ2n) is 6.82. The van der Waals surface area contributed by atoms with Gasteiger partial charge in [0.2, 0.25) is 5.91 Å². The number of hydrogen-bond acceptors (Lipinski definition) is 4. The average Bonchev–Trinajstić information content (AvgIpc) is 3.17. The molecule has 0 atom stereocenters. The number of amides is 1. The SMILES string of the molecule is COCCc1ccc(OCCCC(=O)NCc2ccc3c(c2)CNC3)cc1. The molecular formula is C22H28N2O3. The average molecular weight is 368 g/mol. The molecule has 2 aromatic carbocycles. The van der Waals surface area contributed by atoms with Crippen LogP contribution < -0.4 is 15.4 Å². The van der Waals surface area contributed by atoms with Crippen LogP contribution in [0.3, 0.4) is 0 Å². The molecule has 0 aromatic heterocycles. The normalized spacial score (nSPS) is 12.6. The summed E-state index contributed by atoms with van der Waals surface area (Å²) < 4.78 is 10.8. The summed E-state index contributed by atoms with van der Waals surface area (Å²) in [7, 11) is 1.71. The Hall–Kier alpha value is -2.37. The van der Waals surface area contributed by atoms with Gasteiger partial charge in [-0.15, -0.1) is 0 Å². The highest BCUT2D eigenvalue weighted by atomic mass is 16.5. The Morgan fingerprint density at radius 2 is 1.81 bits per heavy atom. The number of nitrogens with one attached hydrogen (secondary N) is 2. The molecule has 1 heterocycles. The molecule has 2 N–H and O–H groups in total. The molecule has 0 aliphatic carbocycles. The van der Waals surface area contributed by atoms with Gasteiger partial charge in [-0.1, -0.05) is 30.3 Å². The van der Waals surface area contributed by atoms with Gasteiger partial charge in [0.1, 0.15) is 5.75 Å². The van der Waals surface area contributed by atoms with Crippen LogP contribution in [-0.4, -0.2) is 26.2 Å². The fraction of sp³-hybridized carbons (Fsp3) is 0.409. The quantitative estimate of drug-likeness (QED) is 0.633. The number of methoxy groups -OCH3 is 1. The smallest absolute Gasteiger partial charge is 0.220 e. The molecule has 5 nitrogen and oxygen atoms in total. The lowest BCUT2D eigenvalue weighted by molar-refractivity contribution is -0.121. The van der Waals surface area contributed by atoms with E-state index in [9.17, 15) is 4.79 Å². The monoisotopic (exact) mass is 368 g/mol. The van der Waals surface area contributed by atoms with Crippen molar-refractivity contribution in [2.75, 3.05) is 20.3 Å². The minimum atomic E-state index is 0.0622. The molecule has 1 aliphatic rings. The number of hydrogen-bond donors (Lipinski definition) is 2. The third kappa shape index (κ3) is 6.08. The summed E-state index contributed by atoms with van der Waals surface area (Å²) in [4.78, 5) is 12.0. The molecule has 0 saturated heterocycles. The van der Waals surface area contributed by atoms with Crippen LogP contribution in [0.1, 0.15) is 35.1 Å². The van der Waals surface area contributed by atoms with Gasteiger partial charge < -0.3 is 20.1 Å². The molecule has 0 spiro atoms. The predicted molar refractivity (Wildman–Crippen MR) is 106 cm³/mol. The van der Waals surface area contributed by atoms with Gasteiger partial charge in [-0.05, 0) is 47.2 Å². The second kappa shape index (κ2) is 10.1. The van der Waals surface area contributed by atoms with Crippen molar-refractivity contribution in [1.29, 1.82) is 0 Å². The number of fused-ring (bicyclic) bond motifs is 1. The Bertz CT molecular complexity index is 744. The van der Waals surface area contributed by atoms with Crippen LogP contribution in [0.25, 0.3) is 0 Å². The van der Waals surface area contributed by atoms with Crippen LogP contribution in [-0.2, 0) is 35.6 Å². The fourth-order valence-electron chi connectivity index (χ4n) is 3.14. The molecule has 0 bridgehead atoms. The zero-order valence-electron chi connectivity index (χ0n) is 15.9. The van der Waals surface area contributed by atoms with Crippen molar-refractivity contribution in [3.05, 3.63) is 64.7 Å². The molecule has 0 saturated carbocycles. The van der Waals surface area contributed by atoms with Gasteiger partial charge in [-0.3, -0.25) is 4.79 Å². The van der Waals surface area contributed by atoms with Gasteiger partial charge in [-0.2, -0.15) is 0 Å². The maximum Gasteiger partial charge on any atom is 0.220 e. The highest BCUT2D eigenvalue weighted by Gasteiger charge is 2.10. The van der Waals surface area contributed by atoms with Gasteiger partial charge in [0, 0.05) is 33.2 Å². The Kier molecular flexibility index (Phi) is 7.25. The third-order valence-corrected chi connectivity index (χ3v) is 4.73. The predicted octanol–water partition coefficient (Wildman–Crippen LogP) is 2.95. The van der Waals surface area contributed by atoms with Crippen LogP contribution in [0.4, 0.5) is 0 Å². The summed E-state index contributed by atoms with van der Waals surface area (Å²) in [5, 5.41) is 6.32. The second-order valence-corrected chi connectivity index (χ2v) is 6.82. The van der Waals surface area contributed by atoms with Gasteiger partial charge in [0.05, 0.1) is 13.2 Å². The molecule has 144 valence electrons. The Balaban J connectivity index is 1.31. The summed E-state index contributed by atoms with van der Waals surface area (Å²) in [6.45, 7) is 3.70. The maximum atomic E-state index is 12.0. The maximum absolute atomic E-state index is 12.0. The number of ether oxygens (including phenoxy) is 2. The van der Waals surface area contributed by atoms with Crippen LogP contribution in [0.5, 0.6) is 5.75 Å². The summed E-state index contributed by atoms with van der Waals surface area (Å²) in [6, 6.07) is 14.4. The van der Waals surface area contributed by atoms with Gasteiger partial charge >= 0.3 is 0 Å². The van der Waals surface area contributed by atoms with Crippen LogP contribution in [0.15, 0.2) is 42.5 Å². The number of carbonyl (C=O) groups is 1. The van der Waals surface area contributed by atoms with Crippen molar-refractivity contribution in [2.45, 2.75) is 38.9 Å². The Morgan fingerprint density at radius 3 is 2.63 bits per heavy atom. The lowest BCUT2D eigenvalue weighted by Gasteiger charge is -2.09. The van der Waals surface area contributed by atoms with E-state index >= 15 is 0 Å². The van der Waals surface area contributed by atoms with Crippen molar-refractivity contribution in [2.24, 2.45) is 0 Å². The fourth-order valence-corrected chi connectivity index (χ4v) is 3.14. The highest BCUT2D eigenvalue weighted by Crippen LogP contribution is 2.17. The lowest BCUT2D eigenvalue weighted by Crippen LogP contribution is -2.23. The highest BCUT2D eigenvalue weighted by molar-refractivity contribution is 5.75. The van der Waals surface area contributed by atoms with Gasteiger partial charge in [-0.25, -0.2) is 0 Å². The lowest BCUT2D eigenvalue weighted by atomic mass is 10.1. The first-order chi connectivity index (χ1) is 13.2. The summed E-state index contributed by atoms with van der Waals surface area (Å²) >= 11 is 0. The van der Waals surface area contributed by atoms with E-state index in [4.69, 9.17) is 9.47 Å². The van der Waals surface area contributed by atoms with E-state index in [1.54, 1.807) is 7.11 Å². The van der Waals surface area contributed by atoms with E-state index in [1.165, 1.54) is 16.7 Å². The van der Waals surface area contributed by atoms with Crippen LogP contribution in [0.2, 0.25) is 0 Å². The van der Waals surface area contributed by atoms with Gasteiger partial charge in [0.25, 0.3) is 0 Å². The molecule has 1 aliphatic heterocycles. The summed E-state index contributed by atoms with van der Waals surface area (Å²) in [5.74, 6) is 0.899. The van der Waals surface area contributed by atoms with E-state index in [0.717, 1.165) is 37.4 Å². The minimum Gasteiger partial charge on any atom is -0.494 e. The van der Waals surface area contributed by atoms with Crippen molar-refractivity contribution < 1.29 is 14.3 Å². The third-order valence-electron chi connectivity index (χ3n) is 4.73. The van der Waals surface area contributed by atoms with Gasteiger partial charge in [0.15, 0.2) is 0 Å². The van der Waals surface area contributed by atoms with Crippen molar-refractivity contribution in [3.8, 4) is 5.75 Å². The minimum absolute atomic E-state index is 0.0622. The van der Waals surface area contributed by atoms with E-state index in [-0.39, 0.29) is 5.91 Å². The van der Waals surface area contributed by atoms with Crippen molar-refractivity contribution in [3.63, 3.8) is 0 Å². The zero-order chi connectivity index (χ0) is 18.9. The Labute approximate surface area is 161 Å². The summed E-state index contributed by atoms with van der Waals surface area (Å²) in [6.07, 6.45) is 2.07. The molecule has 0 fully saturated rings. The first-order valence-corrected chi connectivity index (χ1v) is 9.53. The topological polar surface area (TPSA) is 59.6 Å². The molecule has 2 aromatic rings. The standard InChI is InChI=1S/C22H28N2O3/c1-26-12-10-17-5-8-21(9-6-17)27-11-2-3-22(25)24-14-18-4-7-19-15-23-16-20(19)13-18/h4-9,13,23H,2-3,10-12,14-16H2,1H3,(H,24,25). The number of carbonyl (C=O) groups excluding carboxylic acids is 1. The molecule has 27 heavy (non-hydrogen) atoms. The first kappa shape index (κ1) is 19.4. The van der Waals surface area contributed by atoms with E-state index in [0.29, 0.717) is 26.0 Å². The molecular weight excluding hydrogens is 340 g/mol. The first-order valence-electron chi connectivity index (χ1n) is 9.53. The largest absolute Gasteiger partial charge is 0.494 e. The van der Waals surface area contributed by atoms with Crippen LogP contribution >= 0.6 is 0 Å². The number of benzene rings is 2.